The summed E-state index contributed by atoms with van der Waals surface area (Å²) in [6, 6.07) is 8.04. The van der Waals surface area contributed by atoms with Gasteiger partial charge in [-0.3, -0.25) is 4.79 Å². The molecule has 0 bridgehead atoms. The van der Waals surface area contributed by atoms with Crippen molar-refractivity contribution in [3.63, 3.8) is 0 Å². The van der Waals surface area contributed by atoms with Gasteiger partial charge in [0.25, 0.3) is 5.56 Å². The minimum atomic E-state index is 0.0763. The first-order valence-electron chi connectivity index (χ1n) is 9.41. The van der Waals surface area contributed by atoms with Gasteiger partial charge in [-0.1, -0.05) is 30.2 Å². The number of benzene rings is 1. The van der Waals surface area contributed by atoms with Crippen LogP contribution in [0.2, 0.25) is 0 Å². The highest BCUT2D eigenvalue weighted by atomic mass is 16.5. The highest BCUT2D eigenvalue weighted by Gasteiger charge is 2.37. The molecule has 3 aliphatic rings. The molecule has 3 heteroatoms. The summed E-state index contributed by atoms with van der Waals surface area (Å²) < 4.78 is 8.16. The maximum atomic E-state index is 12.9. The van der Waals surface area contributed by atoms with E-state index in [9.17, 15) is 4.79 Å². The Morgan fingerprint density at radius 1 is 1.12 bits per heavy atom. The van der Waals surface area contributed by atoms with Gasteiger partial charge < -0.3 is 9.30 Å². The fraction of sp³-hybridized carbons (Fsp3) is 0.409. The van der Waals surface area contributed by atoms with E-state index in [4.69, 9.17) is 4.74 Å². The number of rotatable bonds is 0. The van der Waals surface area contributed by atoms with Crippen molar-refractivity contribution in [1.82, 2.24) is 4.57 Å². The molecule has 0 radical (unpaired) electrons. The van der Waals surface area contributed by atoms with E-state index >= 15 is 0 Å². The molecular formula is C22H23NO2. The van der Waals surface area contributed by atoms with Crippen molar-refractivity contribution >= 4 is 10.9 Å². The summed E-state index contributed by atoms with van der Waals surface area (Å²) in [5, 5.41) is 1.05. The quantitative estimate of drug-likeness (QED) is 0.720. The van der Waals surface area contributed by atoms with Gasteiger partial charge >= 0.3 is 0 Å². The summed E-state index contributed by atoms with van der Waals surface area (Å²) in [5.74, 6) is 1.12. The van der Waals surface area contributed by atoms with E-state index in [2.05, 4.69) is 18.2 Å². The van der Waals surface area contributed by atoms with E-state index < -0.39 is 0 Å². The number of fused-ring (bicyclic) bond motifs is 4. The van der Waals surface area contributed by atoms with Crippen LogP contribution in [0.25, 0.3) is 10.9 Å². The molecule has 25 heavy (non-hydrogen) atoms. The van der Waals surface area contributed by atoms with Crippen molar-refractivity contribution in [1.29, 1.82) is 0 Å². The zero-order valence-corrected chi connectivity index (χ0v) is 14.6. The summed E-state index contributed by atoms with van der Waals surface area (Å²) in [4.78, 5) is 12.9. The molecule has 0 unspecified atom stereocenters. The zero-order chi connectivity index (χ0) is 17.0. The fourth-order valence-corrected chi connectivity index (χ4v) is 4.83. The molecule has 1 fully saturated rings. The molecule has 1 saturated carbocycles. The normalized spacial score (nSPS) is 25.0. The number of hydrogen-bond donors (Lipinski definition) is 0. The minimum Gasteiger partial charge on any atom is -0.484 e. The third-order valence-electron chi connectivity index (χ3n) is 6.15. The van der Waals surface area contributed by atoms with Crippen molar-refractivity contribution in [2.75, 3.05) is 0 Å². The van der Waals surface area contributed by atoms with Crippen LogP contribution in [0.3, 0.4) is 0 Å². The van der Waals surface area contributed by atoms with Crippen LogP contribution in [0.15, 0.2) is 52.4 Å². The molecule has 0 spiro atoms. The lowest BCUT2D eigenvalue weighted by atomic mass is 9.82. The number of para-hydroxylation sites is 1. The second-order valence-electron chi connectivity index (χ2n) is 7.56. The Kier molecular flexibility index (Phi) is 3.37. The second-order valence-corrected chi connectivity index (χ2v) is 7.56. The molecule has 2 aromatic rings. The van der Waals surface area contributed by atoms with Crippen LogP contribution in [0, 0.1) is 5.92 Å². The van der Waals surface area contributed by atoms with Gasteiger partial charge in [-0.15, -0.1) is 0 Å². The average molecular weight is 333 g/mol. The van der Waals surface area contributed by atoms with E-state index in [-0.39, 0.29) is 11.7 Å². The van der Waals surface area contributed by atoms with Gasteiger partial charge in [0.2, 0.25) is 0 Å². The molecule has 1 aromatic carbocycles. The van der Waals surface area contributed by atoms with Crippen LogP contribution in [-0.4, -0.2) is 10.7 Å². The van der Waals surface area contributed by atoms with E-state index in [1.807, 2.05) is 25.2 Å². The first-order chi connectivity index (χ1) is 12.2. The fourth-order valence-electron chi connectivity index (χ4n) is 4.83. The van der Waals surface area contributed by atoms with Gasteiger partial charge in [0.05, 0.1) is 11.1 Å². The number of aryl methyl sites for hydroxylation is 1. The predicted molar refractivity (Wildman–Crippen MR) is 100 cm³/mol. The van der Waals surface area contributed by atoms with Crippen molar-refractivity contribution < 1.29 is 4.74 Å². The Bertz CT molecular complexity index is 971. The maximum Gasteiger partial charge on any atom is 0.257 e. The lowest BCUT2D eigenvalue weighted by molar-refractivity contribution is 0.184. The minimum absolute atomic E-state index is 0.0763. The summed E-state index contributed by atoms with van der Waals surface area (Å²) in [5.41, 5.74) is 4.93. The van der Waals surface area contributed by atoms with E-state index in [0.29, 0.717) is 5.92 Å². The van der Waals surface area contributed by atoms with Crippen LogP contribution in [-0.2, 0) is 13.5 Å². The molecule has 1 aromatic heterocycles. The number of aromatic nitrogens is 1. The summed E-state index contributed by atoms with van der Waals surface area (Å²) in [6.07, 6.45) is 11.7. The monoisotopic (exact) mass is 333 g/mol. The molecule has 5 rings (SSSR count). The van der Waals surface area contributed by atoms with Crippen molar-refractivity contribution in [3.8, 4) is 5.75 Å². The second kappa shape index (κ2) is 5.62. The molecular weight excluding hydrogens is 310 g/mol. The first-order valence-corrected chi connectivity index (χ1v) is 9.41. The molecule has 2 heterocycles. The maximum absolute atomic E-state index is 12.9. The van der Waals surface area contributed by atoms with Crippen molar-refractivity contribution in [2.24, 2.45) is 13.0 Å². The molecule has 0 saturated heterocycles. The molecule has 3 nitrogen and oxygen atoms in total. The SMILES string of the molecule is Cn1c(=O)c2c(c3ccccc31)O[C@@H]1C=CC(=C3CCCCC3)[C@@H]1C2. The predicted octanol–water partition coefficient (Wildman–Crippen LogP) is 4.29. The van der Waals surface area contributed by atoms with E-state index in [1.165, 1.54) is 37.7 Å². The zero-order valence-electron chi connectivity index (χ0n) is 14.6. The third kappa shape index (κ3) is 2.21. The highest BCUT2D eigenvalue weighted by molar-refractivity contribution is 5.87. The lowest BCUT2D eigenvalue weighted by Gasteiger charge is -2.31. The van der Waals surface area contributed by atoms with Gasteiger partial charge in [-0.2, -0.15) is 0 Å². The summed E-state index contributed by atoms with van der Waals surface area (Å²) in [7, 11) is 1.87. The van der Waals surface area contributed by atoms with Crippen molar-refractivity contribution in [3.05, 3.63) is 63.5 Å². The van der Waals surface area contributed by atoms with Gasteiger partial charge in [-0.25, -0.2) is 0 Å². The Morgan fingerprint density at radius 3 is 2.76 bits per heavy atom. The average Bonchev–Trinajstić information content (AvgIpc) is 3.08. The summed E-state index contributed by atoms with van der Waals surface area (Å²) >= 11 is 0. The number of hydrogen-bond acceptors (Lipinski definition) is 2. The Morgan fingerprint density at radius 2 is 1.92 bits per heavy atom. The van der Waals surface area contributed by atoms with E-state index in [1.54, 1.807) is 10.1 Å². The van der Waals surface area contributed by atoms with Gasteiger partial charge in [0.1, 0.15) is 11.9 Å². The Labute approximate surface area is 147 Å². The highest BCUT2D eigenvalue weighted by Crippen LogP contribution is 2.43. The van der Waals surface area contributed by atoms with Gasteiger partial charge in [0, 0.05) is 18.4 Å². The van der Waals surface area contributed by atoms with Crippen LogP contribution in [0.4, 0.5) is 0 Å². The number of allylic oxidation sites excluding steroid dienone is 2. The third-order valence-corrected chi connectivity index (χ3v) is 6.15. The first kappa shape index (κ1) is 15.0. The summed E-state index contributed by atoms with van der Waals surface area (Å²) in [6.45, 7) is 0. The Hall–Kier alpha value is -2.29. The smallest absolute Gasteiger partial charge is 0.257 e. The van der Waals surface area contributed by atoms with Crippen molar-refractivity contribution in [2.45, 2.75) is 44.6 Å². The van der Waals surface area contributed by atoms with Crippen LogP contribution < -0.4 is 10.3 Å². The van der Waals surface area contributed by atoms with Crippen LogP contribution in [0.5, 0.6) is 5.75 Å². The van der Waals surface area contributed by atoms with Crippen LogP contribution >= 0.6 is 0 Å². The molecule has 128 valence electrons. The molecule has 0 amide bonds. The topological polar surface area (TPSA) is 31.2 Å². The van der Waals surface area contributed by atoms with Crippen LogP contribution in [0.1, 0.15) is 37.7 Å². The van der Waals surface area contributed by atoms with Gasteiger partial charge in [-0.05, 0) is 55.9 Å². The van der Waals surface area contributed by atoms with Gasteiger partial charge in [0.15, 0.2) is 0 Å². The Balaban J connectivity index is 1.65. The standard InChI is InChI=1S/C22H23NO2/c1-23-19-10-6-5-9-16(19)21-18(22(23)24)13-17-15(11-12-20(17)25-21)14-7-3-2-4-8-14/h5-6,9-12,17,20H,2-4,7-8,13H2,1H3/t17-,20+/m0/s1. The molecule has 1 aliphatic heterocycles. The molecule has 0 N–H and O–H groups in total. The number of pyridine rings is 1. The van der Waals surface area contributed by atoms with E-state index in [0.717, 1.165) is 28.6 Å². The lowest BCUT2D eigenvalue weighted by Crippen LogP contribution is -2.35. The largest absolute Gasteiger partial charge is 0.484 e. The number of nitrogens with zero attached hydrogens (tertiary/aromatic N) is 1. The molecule has 2 atom stereocenters. The molecule has 2 aliphatic carbocycles. The number of ether oxygens (including phenoxy) is 1.